The highest BCUT2D eigenvalue weighted by molar-refractivity contribution is 6.32. The lowest BCUT2D eigenvalue weighted by atomic mass is 10.1. The second-order valence-electron chi connectivity index (χ2n) is 5.19. The Morgan fingerprint density at radius 3 is 2.71 bits per heavy atom. The van der Waals surface area contributed by atoms with Gasteiger partial charge in [-0.25, -0.2) is 4.98 Å². The van der Waals surface area contributed by atoms with E-state index in [-0.39, 0.29) is 16.6 Å². The molecule has 21 heavy (non-hydrogen) atoms. The summed E-state index contributed by atoms with van der Waals surface area (Å²) in [5.74, 6) is -0.520. The molecule has 1 aliphatic heterocycles. The van der Waals surface area contributed by atoms with Crippen molar-refractivity contribution in [2.45, 2.75) is 32.2 Å². The Labute approximate surface area is 128 Å². The number of rotatable bonds is 3. The van der Waals surface area contributed by atoms with Crippen molar-refractivity contribution in [3.8, 4) is 0 Å². The third-order valence-electron chi connectivity index (χ3n) is 3.49. The second-order valence-corrected chi connectivity index (χ2v) is 5.55. The summed E-state index contributed by atoms with van der Waals surface area (Å²) >= 11 is 5.88. The molecule has 3 N–H and O–H groups in total. The van der Waals surface area contributed by atoms with Crippen molar-refractivity contribution in [3.63, 3.8) is 0 Å². The number of anilines is 1. The number of aromatic nitrogens is 1. The average Bonchev–Trinajstić information content (AvgIpc) is 2.49. The summed E-state index contributed by atoms with van der Waals surface area (Å²) in [4.78, 5) is 30.0. The molecular weight excluding hydrogens is 292 g/mol. The van der Waals surface area contributed by atoms with Gasteiger partial charge < -0.3 is 16.0 Å². The van der Waals surface area contributed by atoms with Crippen LogP contribution in [0.3, 0.4) is 0 Å². The number of nitrogens with two attached hydrogens (primary N) is 1. The Morgan fingerprint density at radius 1 is 1.38 bits per heavy atom. The van der Waals surface area contributed by atoms with Crippen LogP contribution in [0.15, 0.2) is 12.3 Å². The standard InChI is InChI=1S/C14H19ClN4O2/c1-9(14(21)19-5-3-2-4-6-19)18-13(20)11-7-10(16)8-17-12(11)15/h7-9H,2-6,16H2,1H3,(H,18,20). The third-order valence-corrected chi connectivity index (χ3v) is 3.79. The number of hydrogen-bond acceptors (Lipinski definition) is 4. The summed E-state index contributed by atoms with van der Waals surface area (Å²) in [5, 5.41) is 2.72. The Kier molecular flexibility index (Phi) is 5.01. The van der Waals surface area contributed by atoms with E-state index in [9.17, 15) is 9.59 Å². The first-order valence-corrected chi connectivity index (χ1v) is 7.37. The van der Waals surface area contributed by atoms with Crippen LogP contribution in [0.2, 0.25) is 5.15 Å². The highest BCUT2D eigenvalue weighted by Crippen LogP contribution is 2.16. The Hall–Kier alpha value is -1.82. The molecule has 0 spiro atoms. The van der Waals surface area contributed by atoms with Crippen LogP contribution < -0.4 is 11.1 Å². The first-order chi connectivity index (χ1) is 9.99. The third kappa shape index (κ3) is 3.85. The molecule has 1 aromatic rings. The van der Waals surface area contributed by atoms with E-state index in [0.29, 0.717) is 5.69 Å². The molecule has 1 unspecified atom stereocenters. The van der Waals surface area contributed by atoms with Crippen LogP contribution in [0.25, 0.3) is 0 Å². The smallest absolute Gasteiger partial charge is 0.255 e. The summed E-state index contributed by atoms with van der Waals surface area (Å²) in [6.07, 6.45) is 4.55. The molecule has 0 aliphatic carbocycles. The molecule has 0 bridgehead atoms. The second kappa shape index (κ2) is 6.76. The molecule has 0 saturated carbocycles. The van der Waals surface area contributed by atoms with E-state index in [1.807, 2.05) is 0 Å². The van der Waals surface area contributed by atoms with Gasteiger partial charge in [0.15, 0.2) is 0 Å². The van der Waals surface area contributed by atoms with Crippen LogP contribution in [-0.2, 0) is 4.79 Å². The van der Waals surface area contributed by atoms with Crippen LogP contribution in [0.4, 0.5) is 5.69 Å². The first kappa shape index (κ1) is 15.6. The zero-order valence-corrected chi connectivity index (χ0v) is 12.7. The lowest BCUT2D eigenvalue weighted by Gasteiger charge is -2.29. The van der Waals surface area contributed by atoms with Gasteiger partial charge in [0.25, 0.3) is 5.91 Å². The Balaban J connectivity index is 2.01. The molecule has 6 nitrogen and oxygen atoms in total. The van der Waals surface area contributed by atoms with Gasteiger partial charge in [0.2, 0.25) is 5.91 Å². The maximum atomic E-state index is 12.3. The van der Waals surface area contributed by atoms with Crippen molar-refractivity contribution in [1.82, 2.24) is 15.2 Å². The summed E-state index contributed by atoms with van der Waals surface area (Å²) < 4.78 is 0. The van der Waals surface area contributed by atoms with Crippen LogP contribution in [0.5, 0.6) is 0 Å². The van der Waals surface area contributed by atoms with E-state index < -0.39 is 11.9 Å². The summed E-state index contributed by atoms with van der Waals surface area (Å²) in [6.45, 7) is 3.17. The normalized spacial score (nSPS) is 16.4. The topological polar surface area (TPSA) is 88.3 Å². The number of nitrogens with zero attached hydrogens (tertiary/aromatic N) is 2. The van der Waals surface area contributed by atoms with Gasteiger partial charge in [-0.15, -0.1) is 0 Å². The number of amides is 2. The van der Waals surface area contributed by atoms with Crippen molar-refractivity contribution < 1.29 is 9.59 Å². The van der Waals surface area contributed by atoms with Gasteiger partial charge in [0, 0.05) is 13.1 Å². The SMILES string of the molecule is CC(NC(=O)c1cc(N)cnc1Cl)C(=O)N1CCCCC1. The molecule has 0 aromatic carbocycles. The van der Waals surface area contributed by atoms with Gasteiger partial charge in [0.1, 0.15) is 11.2 Å². The molecule has 114 valence electrons. The van der Waals surface area contributed by atoms with Crippen LogP contribution >= 0.6 is 11.6 Å². The van der Waals surface area contributed by atoms with Gasteiger partial charge in [-0.1, -0.05) is 11.6 Å². The first-order valence-electron chi connectivity index (χ1n) is 6.99. The summed E-state index contributed by atoms with van der Waals surface area (Å²) in [5.41, 5.74) is 6.12. The molecule has 7 heteroatoms. The fourth-order valence-electron chi connectivity index (χ4n) is 2.35. The molecule has 2 rings (SSSR count). The van der Waals surface area contributed by atoms with Gasteiger partial charge in [-0.3, -0.25) is 9.59 Å². The number of carbonyl (C=O) groups is 2. The van der Waals surface area contributed by atoms with Crippen LogP contribution in [0, 0.1) is 0 Å². The molecule has 1 saturated heterocycles. The van der Waals surface area contributed by atoms with E-state index in [0.717, 1.165) is 32.4 Å². The minimum Gasteiger partial charge on any atom is -0.397 e. The largest absolute Gasteiger partial charge is 0.397 e. The van der Waals surface area contributed by atoms with Crippen molar-refractivity contribution in [2.75, 3.05) is 18.8 Å². The van der Waals surface area contributed by atoms with Crippen molar-refractivity contribution in [3.05, 3.63) is 23.0 Å². The van der Waals surface area contributed by atoms with E-state index in [4.69, 9.17) is 17.3 Å². The Morgan fingerprint density at radius 2 is 2.05 bits per heavy atom. The molecule has 2 heterocycles. The van der Waals surface area contributed by atoms with Crippen molar-refractivity contribution in [1.29, 1.82) is 0 Å². The number of nitrogens with one attached hydrogen (secondary N) is 1. The predicted molar refractivity (Wildman–Crippen MR) is 81.0 cm³/mol. The number of piperidine rings is 1. The van der Waals surface area contributed by atoms with E-state index >= 15 is 0 Å². The van der Waals surface area contributed by atoms with Gasteiger partial charge >= 0.3 is 0 Å². The number of nitrogen functional groups attached to an aromatic ring is 1. The zero-order valence-electron chi connectivity index (χ0n) is 11.9. The minimum absolute atomic E-state index is 0.0688. The lowest BCUT2D eigenvalue weighted by Crippen LogP contribution is -2.48. The van der Waals surface area contributed by atoms with Gasteiger partial charge in [0.05, 0.1) is 17.4 Å². The zero-order chi connectivity index (χ0) is 15.4. The number of pyridine rings is 1. The van der Waals surface area contributed by atoms with Gasteiger partial charge in [-0.05, 0) is 32.3 Å². The average molecular weight is 311 g/mol. The van der Waals surface area contributed by atoms with Crippen LogP contribution in [0.1, 0.15) is 36.5 Å². The number of halogens is 1. The maximum Gasteiger partial charge on any atom is 0.255 e. The number of hydrogen-bond donors (Lipinski definition) is 2. The molecule has 0 radical (unpaired) electrons. The quantitative estimate of drug-likeness (QED) is 0.827. The van der Waals surface area contributed by atoms with Crippen molar-refractivity contribution in [2.24, 2.45) is 0 Å². The maximum absolute atomic E-state index is 12.3. The highest BCUT2D eigenvalue weighted by Gasteiger charge is 2.24. The number of carbonyl (C=O) groups excluding carboxylic acids is 2. The minimum atomic E-state index is -0.604. The Bertz CT molecular complexity index is 544. The predicted octanol–water partition coefficient (Wildman–Crippen LogP) is 1.45. The summed E-state index contributed by atoms with van der Waals surface area (Å²) in [6, 6.07) is 0.844. The molecule has 1 aliphatic rings. The molecular formula is C14H19ClN4O2. The molecule has 2 amide bonds. The molecule has 1 fully saturated rings. The fourth-order valence-corrected chi connectivity index (χ4v) is 2.54. The molecule has 1 aromatic heterocycles. The van der Waals surface area contributed by atoms with Crippen molar-refractivity contribution >= 4 is 29.1 Å². The fraction of sp³-hybridized carbons (Fsp3) is 0.500. The number of likely N-dealkylation sites (tertiary alicyclic amines) is 1. The molecule has 1 atom stereocenters. The highest BCUT2D eigenvalue weighted by atomic mass is 35.5. The van der Waals surface area contributed by atoms with Crippen LogP contribution in [-0.4, -0.2) is 40.8 Å². The monoisotopic (exact) mass is 310 g/mol. The van der Waals surface area contributed by atoms with E-state index in [1.165, 1.54) is 12.3 Å². The van der Waals surface area contributed by atoms with E-state index in [1.54, 1.807) is 11.8 Å². The lowest BCUT2D eigenvalue weighted by molar-refractivity contribution is -0.133. The van der Waals surface area contributed by atoms with E-state index in [2.05, 4.69) is 10.3 Å². The van der Waals surface area contributed by atoms with Gasteiger partial charge in [-0.2, -0.15) is 0 Å². The summed E-state index contributed by atoms with van der Waals surface area (Å²) in [7, 11) is 0.